The van der Waals surface area contributed by atoms with E-state index >= 15 is 0 Å². The zero-order chi connectivity index (χ0) is 14.8. The molecule has 0 spiro atoms. The number of rotatable bonds is 10. The van der Waals surface area contributed by atoms with Crippen molar-refractivity contribution in [1.82, 2.24) is 5.32 Å². The third-order valence-electron chi connectivity index (χ3n) is 3.02. The van der Waals surface area contributed by atoms with E-state index in [4.69, 9.17) is 4.74 Å². The van der Waals surface area contributed by atoms with Gasteiger partial charge in [-0.05, 0) is 25.3 Å². The second kappa shape index (κ2) is 9.44. The molecule has 1 rings (SSSR count). The second-order valence-electron chi connectivity index (χ2n) is 5.18. The largest absolute Gasteiger partial charge is 0.380 e. The van der Waals surface area contributed by atoms with E-state index in [1.165, 1.54) is 0 Å². The zero-order valence-corrected chi connectivity index (χ0v) is 12.3. The fourth-order valence-corrected chi connectivity index (χ4v) is 1.81. The molecule has 0 saturated heterocycles. The van der Waals surface area contributed by atoms with Crippen LogP contribution in [-0.2, 0) is 11.2 Å². The van der Waals surface area contributed by atoms with Gasteiger partial charge >= 0.3 is 0 Å². The van der Waals surface area contributed by atoms with Crippen LogP contribution in [0.5, 0.6) is 0 Å². The highest BCUT2D eigenvalue weighted by atomic mass is 16.6. The number of nitrogens with zero attached hydrogens (tertiary/aromatic N) is 1. The van der Waals surface area contributed by atoms with Crippen molar-refractivity contribution in [3.05, 3.63) is 39.9 Å². The maximum atomic E-state index is 10.8. The summed E-state index contributed by atoms with van der Waals surface area (Å²) in [6, 6.07) is 6.87. The average Bonchev–Trinajstić information content (AvgIpc) is 2.41. The first-order valence-electron chi connectivity index (χ1n) is 7.12. The molecule has 112 valence electrons. The molecule has 0 aliphatic carbocycles. The highest BCUT2D eigenvalue weighted by Crippen LogP contribution is 2.17. The number of para-hydroxylation sites is 1. The number of nitrogens with one attached hydrogen (secondary N) is 1. The molecule has 0 aliphatic heterocycles. The van der Waals surface area contributed by atoms with Gasteiger partial charge in [-0.3, -0.25) is 10.1 Å². The smallest absolute Gasteiger partial charge is 0.272 e. The van der Waals surface area contributed by atoms with Crippen LogP contribution < -0.4 is 5.32 Å². The summed E-state index contributed by atoms with van der Waals surface area (Å²) in [5.74, 6) is 0.668. The van der Waals surface area contributed by atoms with E-state index in [1.807, 2.05) is 6.07 Å². The minimum absolute atomic E-state index is 0.197. The lowest BCUT2D eigenvalue weighted by molar-refractivity contribution is -0.385. The summed E-state index contributed by atoms with van der Waals surface area (Å²) >= 11 is 0. The Hall–Kier alpha value is -1.46. The third kappa shape index (κ3) is 6.63. The number of nitro groups is 1. The second-order valence-corrected chi connectivity index (χ2v) is 5.18. The van der Waals surface area contributed by atoms with Crippen LogP contribution in [-0.4, -0.2) is 31.2 Å². The van der Waals surface area contributed by atoms with E-state index in [2.05, 4.69) is 19.2 Å². The summed E-state index contributed by atoms with van der Waals surface area (Å²) < 4.78 is 5.49. The van der Waals surface area contributed by atoms with Gasteiger partial charge in [0.15, 0.2) is 0 Å². The normalized spacial score (nSPS) is 10.9. The minimum Gasteiger partial charge on any atom is -0.380 e. The fourth-order valence-electron chi connectivity index (χ4n) is 1.81. The van der Waals surface area contributed by atoms with E-state index < -0.39 is 0 Å². The van der Waals surface area contributed by atoms with Gasteiger partial charge in [0.25, 0.3) is 5.69 Å². The Balaban J connectivity index is 2.14. The van der Waals surface area contributed by atoms with Crippen molar-refractivity contribution in [2.45, 2.75) is 26.7 Å². The van der Waals surface area contributed by atoms with Gasteiger partial charge in [-0.1, -0.05) is 32.0 Å². The van der Waals surface area contributed by atoms with Gasteiger partial charge in [0.2, 0.25) is 0 Å². The van der Waals surface area contributed by atoms with Crippen LogP contribution in [0.2, 0.25) is 0 Å². The Morgan fingerprint density at radius 1 is 1.25 bits per heavy atom. The highest BCUT2D eigenvalue weighted by molar-refractivity contribution is 5.39. The lowest BCUT2D eigenvalue weighted by atomic mass is 10.1. The Morgan fingerprint density at radius 2 is 2.00 bits per heavy atom. The van der Waals surface area contributed by atoms with E-state index in [-0.39, 0.29) is 10.6 Å². The average molecular weight is 280 g/mol. The standard InChI is InChI=1S/C15H24N2O3/c1-13(2)8-11-20-12-10-16-9-7-14-5-3-4-6-15(14)17(18)19/h3-6,13,16H,7-12H2,1-2H3. The molecule has 1 aromatic rings. The first-order chi connectivity index (χ1) is 9.61. The summed E-state index contributed by atoms with van der Waals surface area (Å²) in [6.45, 7) is 7.33. The maximum absolute atomic E-state index is 10.8. The van der Waals surface area contributed by atoms with Crippen molar-refractivity contribution >= 4 is 5.69 Å². The van der Waals surface area contributed by atoms with Gasteiger partial charge in [-0.2, -0.15) is 0 Å². The molecule has 0 amide bonds. The SMILES string of the molecule is CC(C)CCOCCNCCc1ccccc1[N+](=O)[O-]. The van der Waals surface area contributed by atoms with Gasteiger partial charge in [0.1, 0.15) is 0 Å². The van der Waals surface area contributed by atoms with Crippen LogP contribution in [0.4, 0.5) is 5.69 Å². The molecule has 0 aromatic heterocycles. The van der Waals surface area contributed by atoms with E-state index in [1.54, 1.807) is 18.2 Å². The van der Waals surface area contributed by atoms with Crippen LogP contribution in [0.25, 0.3) is 0 Å². The summed E-state index contributed by atoms with van der Waals surface area (Å²) in [4.78, 5) is 10.5. The lowest BCUT2D eigenvalue weighted by Crippen LogP contribution is -2.22. The highest BCUT2D eigenvalue weighted by Gasteiger charge is 2.10. The molecule has 0 radical (unpaired) electrons. The van der Waals surface area contributed by atoms with Gasteiger partial charge in [-0.25, -0.2) is 0 Å². The van der Waals surface area contributed by atoms with Crippen molar-refractivity contribution in [2.75, 3.05) is 26.3 Å². The van der Waals surface area contributed by atoms with Crippen LogP contribution in [0.15, 0.2) is 24.3 Å². The number of benzene rings is 1. The fraction of sp³-hybridized carbons (Fsp3) is 0.600. The van der Waals surface area contributed by atoms with Crippen molar-refractivity contribution < 1.29 is 9.66 Å². The van der Waals surface area contributed by atoms with E-state index in [0.717, 1.165) is 31.7 Å². The van der Waals surface area contributed by atoms with Crippen LogP contribution in [0.1, 0.15) is 25.8 Å². The Kier molecular flexibility index (Phi) is 7.84. The zero-order valence-electron chi connectivity index (χ0n) is 12.3. The molecular formula is C15H24N2O3. The van der Waals surface area contributed by atoms with Crippen molar-refractivity contribution in [2.24, 2.45) is 5.92 Å². The lowest BCUT2D eigenvalue weighted by Gasteiger charge is -2.08. The molecular weight excluding hydrogens is 256 g/mol. The Labute approximate surface area is 120 Å². The van der Waals surface area contributed by atoms with Crippen molar-refractivity contribution in [3.8, 4) is 0 Å². The van der Waals surface area contributed by atoms with Crippen LogP contribution in [0.3, 0.4) is 0 Å². The van der Waals surface area contributed by atoms with Gasteiger partial charge in [0, 0.05) is 24.8 Å². The summed E-state index contributed by atoms with van der Waals surface area (Å²) in [5.41, 5.74) is 0.966. The molecule has 0 fully saturated rings. The third-order valence-corrected chi connectivity index (χ3v) is 3.02. The van der Waals surface area contributed by atoms with Crippen LogP contribution in [0, 0.1) is 16.0 Å². The number of hydrogen-bond donors (Lipinski definition) is 1. The predicted molar refractivity (Wildman–Crippen MR) is 79.9 cm³/mol. The molecule has 1 aromatic carbocycles. The van der Waals surface area contributed by atoms with Gasteiger partial charge < -0.3 is 10.1 Å². The summed E-state index contributed by atoms with van der Waals surface area (Å²) in [7, 11) is 0. The van der Waals surface area contributed by atoms with E-state index in [0.29, 0.717) is 18.9 Å². The van der Waals surface area contributed by atoms with Crippen molar-refractivity contribution in [3.63, 3.8) is 0 Å². The molecule has 0 atom stereocenters. The molecule has 0 bridgehead atoms. The first-order valence-corrected chi connectivity index (χ1v) is 7.12. The summed E-state index contributed by atoms with van der Waals surface area (Å²) in [5, 5.41) is 14.1. The number of ether oxygens (including phenoxy) is 1. The number of nitro benzene ring substituents is 1. The summed E-state index contributed by atoms with van der Waals surface area (Å²) in [6.07, 6.45) is 1.74. The Bertz CT molecular complexity index is 408. The van der Waals surface area contributed by atoms with Crippen LogP contribution >= 0.6 is 0 Å². The quantitative estimate of drug-likeness (QED) is 0.406. The topological polar surface area (TPSA) is 64.4 Å². The molecule has 0 unspecified atom stereocenters. The number of hydrogen-bond acceptors (Lipinski definition) is 4. The van der Waals surface area contributed by atoms with Gasteiger partial charge in [0.05, 0.1) is 11.5 Å². The first kappa shape index (κ1) is 16.6. The monoisotopic (exact) mass is 280 g/mol. The molecule has 5 heteroatoms. The van der Waals surface area contributed by atoms with E-state index in [9.17, 15) is 10.1 Å². The molecule has 5 nitrogen and oxygen atoms in total. The Morgan fingerprint density at radius 3 is 2.70 bits per heavy atom. The molecule has 1 N–H and O–H groups in total. The molecule has 0 saturated carbocycles. The molecule has 20 heavy (non-hydrogen) atoms. The predicted octanol–water partition coefficient (Wildman–Crippen LogP) is 2.79. The maximum Gasteiger partial charge on any atom is 0.272 e. The molecule has 0 aliphatic rings. The minimum atomic E-state index is -0.329. The van der Waals surface area contributed by atoms with Crippen molar-refractivity contribution in [1.29, 1.82) is 0 Å². The van der Waals surface area contributed by atoms with Gasteiger partial charge in [-0.15, -0.1) is 0 Å². The molecule has 0 heterocycles.